The van der Waals surface area contributed by atoms with Gasteiger partial charge in [-0.3, -0.25) is 0 Å². The summed E-state index contributed by atoms with van der Waals surface area (Å²) in [4.78, 5) is 5.40. The van der Waals surface area contributed by atoms with E-state index in [9.17, 15) is 13.2 Å². The van der Waals surface area contributed by atoms with Crippen molar-refractivity contribution in [1.29, 1.82) is 0 Å². The molecule has 1 saturated carbocycles. The van der Waals surface area contributed by atoms with Gasteiger partial charge in [-0.1, -0.05) is 49.0 Å². The molecule has 1 aliphatic rings. The number of alkyl halides is 3. The lowest BCUT2D eigenvalue weighted by molar-refractivity contribution is -0.137. The summed E-state index contributed by atoms with van der Waals surface area (Å²) in [6.45, 7) is 3.95. The first-order valence-corrected chi connectivity index (χ1v) is 8.29. The number of hydrogen-bond donors (Lipinski definition) is 0. The minimum atomic E-state index is -4.39. The van der Waals surface area contributed by atoms with Crippen LogP contribution in [-0.4, -0.2) is 12.3 Å². The molecule has 128 valence electrons. The van der Waals surface area contributed by atoms with Crippen LogP contribution < -0.4 is 0 Å². The quantitative estimate of drug-likeness (QED) is 0.500. The van der Waals surface area contributed by atoms with Crippen LogP contribution in [0.15, 0.2) is 23.4 Å². The van der Waals surface area contributed by atoms with E-state index in [1.807, 2.05) is 0 Å². The lowest BCUT2D eigenvalue weighted by Gasteiger charge is -2.20. The predicted molar refractivity (Wildman–Crippen MR) is 85.5 cm³/mol. The molecule has 0 aromatic heterocycles. The molecule has 0 bridgehead atoms. The Morgan fingerprint density at radius 1 is 1.22 bits per heavy atom. The highest BCUT2D eigenvalue weighted by Crippen LogP contribution is 2.33. The number of oxime groups is 1. The maximum absolute atomic E-state index is 13.2. The van der Waals surface area contributed by atoms with E-state index in [2.05, 4.69) is 5.16 Å². The van der Waals surface area contributed by atoms with E-state index < -0.39 is 11.7 Å². The van der Waals surface area contributed by atoms with E-state index in [1.54, 1.807) is 19.9 Å². The summed E-state index contributed by atoms with van der Waals surface area (Å²) in [7, 11) is 0. The molecule has 0 atom stereocenters. The van der Waals surface area contributed by atoms with Crippen molar-refractivity contribution in [2.24, 2.45) is 11.1 Å². The summed E-state index contributed by atoms with van der Waals surface area (Å²) in [6.07, 6.45) is 1.92. The molecule has 0 spiro atoms. The molecule has 5 heteroatoms. The molecule has 1 aromatic carbocycles. The average molecular weight is 327 g/mol. The van der Waals surface area contributed by atoms with Crippen molar-refractivity contribution in [1.82, 2.24) is 0 Å². The Morgan fingerprint density at radius 3 is 2.52 bits per heavy atom. The number of hydrogen-bond acceptors (Lipinski definition) is 2. The zero-order valence-electron chi connectivity index (χ0n) is 13.7. The maximum Gasteiger partial charge on any atom is 0.417 e. The first-order chi connectivity index (χ1) is 10.9. The molecular weight excluding hydrogens is 303 g/mol. The molecule has 2 nitrogen and oxygen atoms in total. The molecule has 0 aliphatic heterocycles. The Labute approximate surface area is 135 Å². The minimum Gasteiger partial charge on any atom is -0.395 e. The topological polar surface area (TPSA) is 21.6 Å². The summed E-state index contributed by atoms with van der Waals surface area (Å²) in [5.74, 6) is 0.478. The molecule has 1 aromatic rings. The maximum atomic E-state index is 13.2. The van der Waals surface area contributed by atoms with Crippen LogP contribution in [-0.2, 0) is 11.0 Å². The van der Waals surface area contributed by atoms with E-state index in [0.717, 1.165) is 12.8 Å². The lowest BCUT2D eigenvalue weighted by atomic mass is 9.90. The van der Waals surface area contributed by atoms with Gasteiger partial charge in [0.15, 0.2) is 0 Å². The van der Waals surface area contributed by atoms with Crippen LogP contribution >= 0.6 is 0 Å². The van der Waals surface area contributed by atoms with Gasteiger partial charge in [-0.15, -0.1) is 0 Å². The minimum absolute atomic E-state index is 0.120. The zero-order chi connectivity index (χ0) is 16.9. The van der Waals surface area contributed by atoms with Gasteiger partial charge in [-0.25, -0.2) is 0 Å². The third-order valence-electron chi connectivity index (χ3n) is 4.34. The van der Waals surface area contributed by atoms with E-state index in [1.165, 1.54) is 31.4 Å². The van der Waals surface area contributed by atoms with Gasteiger partial charge in [0.05, 0.1) is 11.3 Å². The second kappa shape index (κ2) is 7.84. The van der Waals surface area contributed by atoms with E-state index in [4.69, 9.17) is 4.84 Å². The molecule has 0 N–H and O–H groups in total. The highest BCUT2D eigenvalue weighted by atomic mass is 19.4. The molecule has 0 radical (unpaired) electrons. The smallest absolute Gasteiger partial charge is 0.395 e. The third-order valence-corrected chi connectivity index (χ3v) is 4.34. The van der Waals surface area contributed by atoms with Crippen molar-refractivity contribution in [3.8, 4) is 0 Å². The van der Waals surface area contributed by atoms with Crippen LogP contribution in [0.4, 0.5) is 13.2 Å². The van der Waals surface area contributed by atoms with Gasteiger partial charge in [0.1, 0.15) is 6.61 Å². The first-order valence-electron chi connectivity index (χ1n) is 8.29. The predicted octanol–water partition coefficient (Wildman–Crippen LogP) is 5.72. The molecule has 23 heavy (non-hydrogen) atoms. The lowest BCUT2D eigenvalue weighted by Crippen LogP contribution is -2.15. The second-order valence-corrected chi connectivity index (χ2v) is 6.24. The SMILES string of the molecule is CC/C(=N\OCC1CCCCC1)c1ccc(C)cc1C(F)(F)F. The van der Waals surface area contributed by atoms with Gasteiger partial charge in [-0.05, 0) is 38.2 Å². The number of benzene rings is 1. The Morgan fingerprint density at radius 2 is 1.91 bits per heavy atom. The molecule has 0 saturated heterocycles. The summed E-state index contributed by atoms with van der Waals surface area (Å²) in [6, 6.07) is 4.34. The molecule has 1 fully saturated rings. The van der Waals surface area contributed by atoms with Crippen molar-refractivity contribution < 1.29 is 18.0 Å². The summed E-state index contributed by atoms with van der Waals surface area (Å²) in [5.41, 5.74) is 0.418. The summed E-state index contributed by atoms with van der Waals surface area (Å²) in [5, 5.41) is 4.03. The van der Waals surface area contributed by atoms with Crippen LogP contribution in [0.1, 0.15) is 62.1 Å². The fraction of sp³-hybridized carbons (Fsp3) is 0.611. The van der Waals surface area contributed by atoms with E-state index in [0.29, 0.717) is 30.2 Å². The molecule has 1 aliphatic carbocycles. The third kappa shape index (κ3) is 4.98. The molecular formula is C18H24F3NO. The van der Waals surface area contributed by atoms with Gasteiger partial charge >= 0.3 is 6.18 Å². The van der Waals surface area contributed by atoms with E-state index >= 15 is 0 Å². The Balaban J connectivity index is 2.14. The zero-order valence-corrected chi connectivity index (χ0v) is 13.7. The van der Waals surface area contributed by atoms with Crippen molar-refractivity contribution >= 4 is 5.71 Å². The van der Waals surface area contributed by atoms with Gasteiger partial charge in [0.25, 0.3) is 0 Å². The molecule has 0 unspecified atom stereocenters. The second-order valence-electron chi connectivity index (χ2n) is 6.24. The van der Waals surface area contributed by atoms with Gasteiger partial charge < -0.3 is 4.84 Å². The van der Waals surface area contributed by atoms with Gasteiger partial charge in [0, 0.05) is 5.56 Å². The van der Waals surface area contributed by atoms with Crippen LogP contribution in [0, 0.1) is 12.8 Å². The Kier molecular flexibility index (Phi) is 6.08. The average Bonchev–Trinajstić information content (AvgIpc) is 2.52. The molecule has 2 rings (SSSR count). The number of aryl methyl sites for hydroxylation is 1. The van der Waals surface area contributed by atoms with Crippen molar-refractivity contribution in [2.75, 3.05) is 6.61 Å². The van der Waals surface area contributed by atoms with Crippen LogP contribution in [0.5, 0.6) is 0 Å². The Bertz CT molecular complexity index is 546. The molecule has 0 amide bonds. The van der Waals surface area contributed by atoms with Gasteiger partial charge in [-0.2, -0.15) is 13.2 Å². The van der Waals surface area contributed by atoms with Crippen molar-refractivity contribution in [2.45, 2.75) is 58.5 Å². The monoisotopic (exact) mass is 327 g/mol. The van der Waals surface area contributed by atoms with Crippen molar-refractivity contribution in [3.63, 3.8) is 0 Å². The number of nitrogens with zero attached hydrogens (tertiary/aromatic N) is 1. The normalized spacial score (nSPS) is 17.3. The number of halogens is 3. The standard InChI is InChI=1S/C18H24F3NO/c1-3-17(22-23-12-14-7-5-4-6-8-14)15-10-9-13(2)11-16(15)18(19,20)21/h9-11,14H,3-8,12H2,1-2H3/b22-17+. The molecule has 0 heterocycles. The fourth-order valence-electron chi connectivity index (χ4n) is 3.02. The fourth-order valence-corrected chi connectivity index (χ4v) is 3.02. The summed E-state index contributed by atoms with van der Waals surface area (Å²) >= 11 is 0. The van der Waals surface area contributed by atoms with Crippen LogP contribution in [0.3, 0.4) is 0 Å². The van der Waals surface area contributed by atoms with Crippen LogP contribution in [0.25, 0.3) is 0 Å². The summed E-state index contributed by atoms with van der Waals surface area (Å²) < 4.78 is 39.7. The highest BCUT2D eigenvalue weighted by Gasteiger charge is 2.34. The Hall–Kier alpha value is -1.52. The van der Waals surface area contributed by atoms with Crippen molar-refractivity contribution in [3.05, 3.63) is 34.9 Å². The highest BCUT2D eigenvalue weighted by molar-refractivity contribution is 6.01. The van der Waals surface area contributed by atoms with E-state index in [-0.39, 0.29) is 5.56 Å². The number of rotatable bonds is 5. The largest absolute Gasteiger partial charge is 0.417 e. The first kappa shape index (κ1) is 17.8. The van der Waals surface area contributed by atoms with Gasteiger partial charge in [0.2, 0.25) is 0 Å². The van der Waals surface area contributed by atoms with Crippen LogP contribution in [0.2, 0.25) is 0 Å².